The summed E-state index contributed by atoms with van der Waals surface area (Å²) in [6.07, 6.45) is -1.98. The largest absolute Gasteiger partial charge is 0.391 e. The summed E-state index contributed by atoms with van der Waals surface area (Å²) in [5.74, 6) is -0.751. The molecule has 0 bridgehead atoms. The van der Waals surface area contributed by atoms with Gasteiger partial charge in [-0.25, -0.2) is 0 Å². The first-order valence-electron chi connectivity index (χ1n) is 6.58. The van der Waals surface area contributed by atoms with Gasteiger partial charge in [0.05, 0.1) is 12.0 Å². The minimum Gasteiger partial charge on any atom is -0.379 e. The molecule has 1 rings (SSSR count). The predicted molar refractivity (Wildman–Crippen MR) is 70.7 cm³/mol. The van der Waals surface area contributed by atoms with Gasteiger partial charge in [-0.1, -0.05) is 21.3 Å². The highest BCUT2D eigenvalue weighted by atomic mass is 19.4. The van der Waals surface area contributed by atoms with Crippen LogP contribution in [0.3, 0.4) is 0 Å². The smallest absolute Gasteiger partial charge is 0.379 e. The minimum absolute atomic E-state index is 0. The fourth-order valence-electron chi connectivity index (χ4n) is 1.98. The van der Waals surface area contributed by atoms with Crippen molar-refractivity contribution in [3.05, 3.63) is 0 Å². The first kappa shape index (κ1) is 20.1. The summed E-state index contributed by atoms with van der Waals surface area (Å²) in [5.41, 5.74) is 0. The molecule has 1 nitrogen and oxygen atoms in total. The topological polar surface area (TPSA) is 9.23 Å². The average molecular weight is 270 g/mol. The Kier molecular flexibility index (Phi) is 10.8. The number of hydrogen-bond acceptors (Lipinski definition) is 1. The summed E-state index contributed by atoms with van der Waals surface area (Å²) in [6, 6.07) is 0. The van der Waals surface area contributed by atoms with Crippen LogP contribution in [0.15, 0.2) is 0 Å². The number of halogens is 3. The van der Waals surface area contributed by atoms with E-state index in [0.29, 0.717) is 25.4 Å². The zero-order valence-corrected chi connectivity index (χ0v) is 11.3. The van der Waals surface area contributed by atoms with Crippen molar-refractivity contribution < 1.29 is 17.9 Å². The fourth-order valence-corrected chi connectivity index (χ4v) is 1.98. The van der Waals surface area contributed by atoms with E-state index < -0.39 is 12.1 Å². The van der Waals surface area contributed by atoms with Crippen LogP contribution in [-0.2, 0) is 4.74 Å². The number of rotatable bonds is 3. The Morgan fingerprint density at radius 1 is 1.06 bits per heavy atom. The molecule has 4 heteroatoms. The van der Waals surface area contributed by atoms with Crippen molar-refractivity contribution in [1.29, 1.82) is 0 Å². The Morgan fingerprint density at radius 2 is 1.50 bits per heavy atom. The number of alkyl halides is 3. The molecule has 0 saturated heterocycles. The van der Waals surface area contributed by atoms with E-state index in [1.54, 1.807) is 0 Å². The molecule has 0 aromatic rings. The molecule has 0 heterocycles. The van der Waals surface area contributed by atoms with Gasteiger partial charge in [-0.05, 0) is 45.4 Å². The van der Waals surface area contributed by atoms with E-state index in [1.165, 1.54) is 0 Å². The second-order valence-electron chi connectivity index (χ2n) is 4.64. The Morgan fingerprint density at radius 3 is 1.83 bits per heavy atom. The van der Waals surface area contributed by atoms with Crippen molar-refractivity contribution in [2.45, 2.75) is 73.1 Å². The lowest BCUT2D eigenvalue weighted by atomic mass is 9.82. The van der Waals surface area contributed by atoms with Gasteiger partial charge < -0.3 is 4.74 Å². The molecular formula is C14H29F3O. The summed E-state index contributed by atoms with van der Waals surface area (Å²) in [7, 11) is 0. The molecule has 0 aliphatic heterocycles. The van der Waals surface area contributed by atoms with E-state index in [-0.39, 0.29) is 26.4 Å². The summed E-state index contributed by atoms with van der Waals surface area (Å²) < 4.78 is 42.5. The van der Waals surface area contributed by atoms with Crippen LogP contribution in [0.25, 0.3) is 0 Å². The van der Waals surface area contributed by atoms with Gasteiger partial charge in [0.15, 0.2) is 0 Å². The molecule has 0 radical (unpaired) electrons. The molecular weight excluding hydrogens is 241 g/mol. The molecule has 0 aromatic carbocycles. The standard InChI is InChI=1S/C11H19F3O.C2H6.CH4/c1-8(2)15-7-9-3-5-10(6-4-9)11(12,13)14;1-2;/h8-10H,3-7H2,1-2H3;1-2H3;1H4. The van der Waals surface area contributed by atoms with Gasteiger partial charge in [-0.3, -0.25) is 0 Å². The van der Waals surface area contributed by atoms with Crippen LogP contribution in [0.1, 0.15) is 60.8 Å². The number of ether oxygens (including phenoxy) is 1. The summed E-state index contributed by atoms with van der Waals surface area (Å²) in [6.45, 7) is 8.50. The lowest BCUT2D eigenvalue weighted by Crippen LogP contribution is -2.29. The first-order valence-corrected chi connectivity index (χ1v) is 6.58. The Balaban J connectivity index is 0. The summed E-state index contributed by atoms with van der Waals surface area (Å²) in [5, 5.41) is 0. The molecule has 1 aliphatic carbocycles. The monoisotopic (exact) mass is 270 g/mol. The Bertz CT molecular complexity index is 182. The zero-order chi connectivity index (χ0) is 13.5. The molecule has 18 heavy (non-hydrogen) atoms. The van der Waals surface area contributed by atoms with Crippen LogP contribution < -0.4 is 0 Å². The molecule has 0 atom stereocenters. The van der Waals surface area contributed by atoms with E-state index in [0.717, 1.165) is 0 Å². The minimum atomic E-state index is -4.00. The molecule has 1 aliphatic rings. The van der Waals surface area contributed by atoms with Gasteiger partial charge in [0.25, 0.3) is 0 Å². The van der Waals surface area contributed by atoms with E-state index in [2.05, 4.69) is 0 Å². The summed E-state index contributed by atoms with van der Waals surface area (Å²) >= 11 is 0. The molecule has 0 spiro atoms. The third-order valence-electron chi connectivity index (χ3n) is 2.97. The van der Waals surface area contributed by atoms with Gasteiger partial charge >= 0.3 is 6.18 Å². The third kappa shape index (κ3) is 7.96. The van der Waals surface area contributed by atoms with E-state index in [4.69, 9.17) is 4.74 Å². The van der Waals surface area contributed by atoms with Crippen molar-refractivity contribution in [2.75, 3.05) is 6.61 Å². The molecule has 0 unspecified atom stereocenters. The zero-order valence-electron chi connectivity index (χ0n) is 11.3. The Labute approximate surface area is 110 Å². The van der Waals surface area contributed by atoms with Crippen LogP contribution in [0, 0.1) is 11.8 Å². The second-order valence-corrected chi connectivity index (χ2v) is 4.64. The number of hydrogen-bond donors (Lipinski definition) is 0. The molecule has 1 saturated carbocycles. The van der Waals surface area contributed by atoms with Crippen molar-refractivity contribution in [3.8, 4) is 0 Å². The third-order valence-corrected chi connectivity index (χ3v) is 2.97. The molecule has 112 valence electrons. The van der Waals surface area contributed by atoms with Crippen LogP contribution in [0.2, 0.25) is 0 Å². The first-order chi connectivity index (χ1) is 7.89. The van der Waals surface area contributed by atoms with Crippen molar-refractivity contribution >= 4 is 0 Å². The fraction of sp³-hybridized carbons (Fsp3) is 1.00. The maximum atomic E-state index is 12.4. The van der Waals surface area contributed by atoms with Crippen molar-refractivity contribution in [2.24, 2.45) is 11.8 Å². The quantitative estimate of drug-likeness (QED) is 0.663. The summed E-state index contributed by atoms with van der Waals surface area (Å²) in [4.78, 5) is 0. The molecule has 0 N–H and O–H groups in total. The van der Waals surface area contributed by atoms with Crippen molar-refractivity contribution in [1.82, 2.24) is 0 Å². The van der Waals surface area contributed by atoms with Crippen LogP contribution >= 0.6 is 0 Å². The molecule has 1 fully saturated rings. The lowest BCUT2D eigenvalue weighted by Gasteiger charge is -2.30. The normalized spacial score (nSPS) is 24.0. The predicted octanol–water partition coefficient (Wildman–Crippen LogP) is 5.44. The van der Waals surface area contributed by atoms with Gasteiger partial charge in [-0.15, -0.1) is 0 Å². The highest BCUT2D eigenvalue weighted by Gasteiger charge is 2.41. The van der Waals surface area contributed by atoms with Crippen LogP contribution in [-0.4, -0.2) is 18.9 Å². The lowest BCUT2D eigenvalue weighted by molar-refractivity contribution is -0.185. The van der Waals surface area contributed by atoms with Crippen LogP contribution in [0.4, 0.5) is 13.2 Å². The van der Waals surface area contributed by atoms with Crippen molar-refractivity contribution in [3.63, 3.8) is 0 Å². The average Bonchev–Trinajstić information content (AvgIpc) is 2.28. The van der Waals surface area contributed by atoms with E-state index >= 15 is 0 Å². The maximum Gasteiger partial charge on any atom is 0.391 e. The molecule has 0 aromatic heterocycles. The second kappa shape index (κ2) is 9.65. The van der Waals surface area contributed by atoms with E-state index in [1.807, 2.05) is 27.7 Å². The van der Waals surface area contributed by atoms with Crippen LogP contribution in [0.5, 0.6) is 0 Å². The van der Waals surface area contributed by atoms with E-state index in [9.17, 15) is 13.2 Å². The van der Waals surface area contributed by atoms with Gasteiger partial charge in [0, 0.05) is 6.61 Å². The maximum absolute atomic E-state index is 12.4. The highest BCUT2D eigenvalue weighted by Crippen LogP contribution is 2.39. The van der Waals surface area contributed by atoms with Gasteiger partial charge in [-0.2, -0.15) is 13.2 Å². The SMILES string of the molecule is C.CC.CC(C)OCC1CCC(C(F)(F)F)CC1. The van der Waals surface area contributed by atoms with Gasteiger partial charge in [0.2, 0.25) is 0 Å². The van der Waals surface area contributed by atoms with Gasteiger partial charge in [0.1, 0.15) is 0 Å². The Hall–Kier alpha value is -0.250. The highest BCUT2D eigenvalue weighted by molar-refractivity contribution is 4.77. The molecule has 0 amide bonds.